The maximum Gasteiger partial charge on any atom is 0.240 e. The number of ether oxygens (including phenoxy) is 1. The number of nitrogens with one attached hydrogen (secondary N) is 1. The first-order valence-electron chi connectivity index (χ1n) is 4.84. The maximum atomic E-state index is 11.7. The van der Waals surface area contributed by atoms with Crippen molar-refractivity contribution >= 4 is 5.91 Å². The molecule has 1 aliphatic rings. The fraction of sp³-hybridized carbons (Fsp3) is 0.700. The highest BCUT2D eigenvalue weighted by Gasteiger charge is 2.35. The third-order valence-corrected chi connectivity index (χ3v) is 2.39. The highest BCUT2D eigenvalue weighted by atomic mass is 16.5. The fourth-order valence-corrected chi connectivity index (χ4v) is 1.37. The van der Waals surface area contributed by atoms with Crippen molar-refractivity contribution in [2.24, 2.45) is 5.73 Å². The first-order chi connectivity index (χ1) is 6.54. The lowest BCUT2D eigenvalue weighted by atomic mass is 9.90. The van der Waals surface area contributed by atoms with Gasteiger partial charge in [0.2, 0.25) is 5.91 Å². The summed E-state index contributed by atoms with van der Waals surface area (Å²) >= 11 is 0. The number of hydrogen-bond acceptors (Lipinski definition) is 3. The minimum Gasteiger partial charge on any atom is -0.381 e. The lowest BCUT2D eigenvalue weighted by Crippen LogP contribution is -2.57. The van der Waals surface area contributed by atoms with E-state index >= 15 is 0 Å². The summed E-state index contributed by atoms with van der Waals surface area (Å²) < 4.78 is 5.16. The van der Waals surface area contributed by atoms with Gasteiger partial charge in [-0.25, -0.2) is 0 Å². The van der Waals surface area contributed by atoms with Crippen molar-refractivity contribution in [1.82, 2.24) is 5.32 Å². The van der Waals surface area contributed by atoms with E-state index in [1.54, 1.807) is 0 Å². The van der Waals surface area contributed by atoms with E-state index in [0.29, 0.717) is 32.6 Å². The Bertz CT molecular complexity index is 232. The SMILES string of the molecule is C=C(C)CNC(=O)C1(N)CCOCC1. The second-order valence-electron chi connectivity index (χ2n) is 3.91. The Morgan fingerprint density at radius 2 is 2.14 bits per heavy atom. The quantitative estimate of drug-likeness (QED) is 0.636. The van der Waals surface area contributed by atoms with Crippen LogP contribution in [0.4, 0.5) is 0 Å². The molecule has 0 atom stereocenters. The van der Waals surface area contributed by atoms with Crippen LogP contribution in [-0.4, -0.2) is 31.2 Å². The highest BCUT2D eigenvalue weighted by Crippen LogP contribution is 2.17. The van der Waals surface area contributed by atoms with Crippen molar-refractivity contribution in [3.05, 3.63) is 12.2 Å². The van der Waals surface area contributed by atoms with Gasteiger partial charge in [0, 0.05) is 19.8 Å². The number of carbonyl (C=O) groups is 1. The van der Waals surface area contributed by atoms with Gasteiger partial charge in [0.05, 0.1) is 5.54 Å². The molecule has 0 aromatic heterocycles. The molecule has 0 saturated carbocycles. The first kappa shape index (κ1) is 11.2. The van der Waals surface area contributed by atoms with Gasteiger partial charge in [-0.2, -0.15) is 0 Å². The van der Waals surface area contributed by atoms with Crippen molar-refractivity contribution < 1.29 is 9.53 Å². The molecule has 4 heteroatoms. The average molecular weight is 198 g/mol. The van der Waals surface area contributed by atoms with Gasteiger partial charge in [-0.1, -0.05) is 12.2 Å². The Balaban J connectivity index is 2.45. The summed E-state index contributed by atoms with van der Waals surface area (Å²) in [6.07, 6.45) is 1.18. The molecular formula is C10H18N2O2. The zero-order valence-corrected chi connectivity index (χ0v) is 8.64. The zero-order chi connectivity index (χ0) is 10.6. The molecule has 80 valence electrons. The van der Waals surface area contributed by atoms with E-state index < -0.39 is 5.54 Å². The summed E-state index contributed by atoms with van der Waals surface area (Å²) in [7, 11) is 0. The van der Waals surface area contributed by atoms with Crippen LogP contribution < -0.4 is 11.1 Å². The summed E-state index contributed by atoms with van der Waals surface area (Å²) in [6, 6.07) is 0. The van der Waals surface area contributed by atoms with Crippen molar-refractivity contribution in [1.29, 1.82) is 0 Å². The van der Waals surface area contributed by atoms with Crippen LogP contribution in [0, 0.1) is 0 Å². The van der Waals surface area contributed by atoms with Crippen LogP contribution in [0.5, 0.6) is 0 Å². The van der Waals surface area contributed by atoms with Gasteiger partial charge in [0.1, 0.15) is 0 Å². The molecule has 0 unspecified atom stereocenters. The topological polar surface area (TPSA) is 64.4 Å². The van der Waals surface area contributed by atoms with E-state index in [4.69, 9.17) is 10.5 Å². The van der Waals surface area contributed by atoms with Crippen LogP contribution >= 0.6 is 0 Å². The summed E-state index contributed by atoms with van der Waals surface area (Å²) in [5, 5.41) is 2.77. The molecule has 1 rings (SSSR count). The van der Waals surface area contributed by atoms with Gasteiger partial charge in [0.15, 0.2) is 0 Å². The van der Waals surface area contributed by atoms with Crippen LogP contribution in [-0.2, 0) is 9.53 Å². The molecule has 1 saturated heterocycles. The molecular weight excluding hydrogens is 180 g/mol. The Kier molecular flexibility index (Phi) is 3.66. The smallest absolute Gasteiger partial charge is 0.240 e. The molecule has 0 spiro atoms. The van der Waals surface area contributed by atoms with Gasteiger partial charge in [-0.3, -0.25) is 4.79 Å². The molecule has 14 heavy (non-hydrogen) atoms. The molecule has 0 bridgehead atoms. The highest BCUT2D eigenvalue weighted by molar-refractivity contribution is 5.86. The summed E-state index contributed by atoms with van der Waals surface area (Å²) in [5.74, 6) is -0.0937. The molecule has 0 aromatic carbocycles. The van der Waals surface area contributed by atoms with Gasteiger partial charge < -0.3 is 15.8 Å². The molecule has 4 nitrogen and oxygen atoms in total. The minimum absolute atomic E-state index is 0.0937. The van der Waals surface area contributed by atoms with E-state index in [0.717, 1.165) is 5.57 Å². The number of hydrogen-bond donors (Lipinski definition) is 2. The predicted molar refractivity (Wildman–Crippen MR) is 54.8 cm³/mol. The van der Waals surface area contributed by atoms with E-state index in [9.17, 15) is 4.79 Å². The largest absolute Gasteiger partial charge is 0.381 e. The van der Waals surface area contributed by atoms with Gasteiger partial charge in [-0.05, 0) is 19.8 Å². The van der Waals surface area contributed by atoms with Crippen LogP contribution in [0.15, 0.2) is 12.2 Å². The molecule has 1 heterocycles. The summed E-state index contributed by atoms with van der Waals surface area (Å²) in [4.78, 5) is 11.7. The fourth-order valence-electron chi connectivity index (χ4n) is 1.37. The molecule has 0 radical (unpaired) electrons. The van der Waals surface area contributed by atoms with Gasteiger partial charge in [0.25, 0.3) is 0 Å². The van der Waals surface area contributed by atoms with E-state index in [1.165, 1.54) is 0 Å². The third kappa shape index (κ3) is 2.82. The van der Waals surface area contributed by atoms with Crippen molar-refractivity contribution in [3.8, 4) is 0 Å². The van der Waals surface area contributed by atoms with Crippen LogP contribution in [0.3, 0.4) is 0 Å². The number of nitrogens with two attached hydrogens (primary N) is 1. The van der Waals surface area contributed by atoms with E-state index in [1.807, 2.05) is 6.92 Å². The first-order valence-corrected chi connectivity index (χ1v) is 4.84. The summed E-state index contributed by atoms with van der Waals surface area (Å²) in [5.41, 5.74) is 6.15. The van der Waals surface area contributed by atoms with Crippen molar-refractivity contribution in [2.75, 3.05) is 19.8 Å². The number of carbonyl (C=O) groups excluding carboxylic acids is 1. The normalized spacial score (nSPS) is 20.1. The molecule has 3 N–H and O–H groups in total. The average Bonchev–Trinajstić information content (AvgIpc) is 2.15. The minimum atomic E-state index is -0.742. The zero-order valence-electron chi connectivity index (χ0n) is 8.64. The Morgan fingerprint density at radius 3 is 2.64 bits per heavy atom. The van der Waals surface area contributed by atoms with Gasteiger partial charge >= 0.3 is 0 Å². The van der Waals surface area contributed by atoms with Crippen LogP contribution in [0.25, 0.3) is 0 Å². The summed E-state index contributed by atoms with van der Waals surface area (Å²) in [6.45, 7) is 7.21. The Labute approximate surface area is 84.5 Å². The molecule has 1 amide bonds. The lowest BCUT2D eigenvalue weighted by molar-refractivity contribution is -0.129. The van der Waals surface area contributed by atoms with E-state index in [-0.39, 0.29) is 5.91 Å². The second-order valence-corrected chi connectivity index (χ2v) is 3.91. The van der Waals surface area contributed by atoms with Gasteiger partial charge in [-0.15, -0.1) is 0 Å². The van der Waals surface area contributed by atoms with Crippen LogP contribution in [0.1, 0.15) is 19.8 Å². The Hall–Kier alpha value is -0.870. The second kappa shape index (κ2) is 4.57. The molecule has 1 aliphatic heterocycles. The van der Waals surface area contributed by atoms with E-state index in [2.05, 4.69) is 11.9 Å². The van der Waals surface area contributed by atoms with Crippen LogP contribution in [0.2, 0.25) is 0 Å². The number of rotatable bonds is 3. The maximum absolute atomic E-state index is 11.7. The lowest BCUT2D eigenvalue weighted by Gasteiger charge is -2.31. The van der Waals surface area contributed by atoms with Crippen molar-refractivity contribution in [2.45, 2.75) is 25.3 Å². The molecule has 0 aromatic rings. The molecule has 1 fully saturated rings. The van der Waals surface area contributed by atoms with Crippen molar-refractivity contribution in [3.63, 3.8) is 0 Å². The molecule has 0 aliphatic carbocycles. The Morgan fingerprint density at radius 1 is 1.57 bits per heavy atom. The third-order valence-electron chi connectivity index (χ3n) is 2.39. The monoisotopic (exact) mass is 198 g/mol. The number of amides is 1. The standard InChI is InChI=1S/C10H18N2O2/c1-8(2)7-12-9(13)10(11)3-5-14-6-4-10/h1,3-7,11H2,2H3,(H,12,13). The predicted octanol–water partition coefficient (Wildman–Crippen LogP) is 0.187.